The van der Waals surface area contributed by atoms with E-state index < -0.39 is 51.1 Å². The highest BCUT2D eigenvalue weighted by Gasteiger charge is 2.28. The van der Waals surface area contributed by atoms with Crippen LogP contribution < -0.4 is 5.73 Å². The van der Waals surface area contributed by atoms with Crippen LogP contribution in [0.2, 0.25) is 0 Å². The zero-order chi connectivity index (χ0) is 39.3. The Hall–Kier alpha value is -2.56. The van der Waals surface area contributed by atoms with Gasteiger partial charge in [-0.2, -0.15) is 0 Å². The van der Waals surface area contributed by atoms with Gasteiger partial charge < -0.3 is 25.2 Å². The van der Waals surface area contributed by atoms with Crippen molar-refractivity contribution >= 4 is 25.7 Å². The number of carbonyl (C=O) groups is 3. The van der Waals surface area contributed by atoms with Crippen LogP contribution in [-0.4, -0.2) is 59.9 Å². The first-order chi connectivity index (χ1) is 25.6. The Labute approximate surface area is 320 Å². The van der Waals surface area contributed by atoms with Gasteiger partial charge in [0.1, 0.15) is 12.6 Å². The van der Waals surface area contributed by atoms with Crippen molar-refractivity contribution in [3.05, 3.63) is 48.6 Å². The average Bonchev–Trinajstić information content (AvgIpc) is 3.13. The summed E-state index contributed by atoms with van der Waals surface area (Å²) in [6.45, 7) is 2.63. The minimum Gasteiger partial charge on any atom is -0.480 e. The summed E-state index contributed by atoms with van der Waals surface area (Å²) in [5.41, 5.74) is 5.32. The van der Waals surface area contributed by atoms with Crippen LogP contribution in [0.4, 0.5) is 0 Å². The van der Waals surface area contributed by atoms with Crippen LogP contribution in [0.5, 0.6) is 0 Å². The molecule has 0 amide bonds. The van der Waals surface area contributed by atoms with Gasteiger partial charge >= 0.3 is 25.7 Å². The Bertz CT molecular complexity index is 1090. The lowest BCUT2D eigenvalue weighted by Crippen LogP contribution is -2.34. The van der Waals surface area contributed by atoms with Gasteiger partial charge in [0, 0.05) is 12.8 Å². The molecule has 0 rings (SSSR count). The quantitative estimate of drug-likeness (QED) is 0.0238. The Morgan fingerprint density at radius 1 is 0.604 bits per heavy atom. The van der Waals surface area contributed by atoms with E-state index >= 15 is 0 Å². The molecule has 0 spiro atoms. The van der Waals surface area contributed by atoms with E-state index in [-0.39, 0.29) is 19.4 Å². The second kappa shape index (κ2) is 36.4. The molecule has 0 radical (unpaired) electrons. The molecule has 1 unspecified atom stereocenters. The van der Waals surface area contributed by atoms with Crippen LogP contribution in [0.25, 0.3) is 0 Å². The molecule has 0 bridgehead atoms. The largest absolute Gasteiger partial charge is 0.480 e. The van der Waals surface area contributed by atoms with Crippen molar-refractivity contribution in [3.8, 4) is 0 Å². The smallest absolute Gasteiger partial charge is 0.472 e. The van der Waals surface area contributed by atoms with Crippen LogP contribution in [0.3, 0.4) is 0 Å². The number of carboxylic acids is 1. The Balaban J connectivity index is 4.48. The maximum Gasteiger partial charge on any atom is 0.472 e. The van der Waals surface area contributed by atoms with Gasteiger partial charge in [-0.25, -0.2) is 4.57 Å². The summed E-state index contributed by atoms with van der Waals surface area (Å²) >= 11 is 0. The number of carboxylic acid groups (broad SMARTS) is 1. The van der Waals surface area contributed by atoms with Crippen molar-refractivity contribution < 1.29 is 47.5 Å². The van der Waals surface area contributed by atoms with Crippen LogP contribution in [0.15, 0.2) is 48.6 Å². The molecule has 4 N–H and O–H groups in total. The van der Waals surface area contributed by atoms with Crippen molar-refractivity contribution in [1.82, 2.24) is 0 Å². The number of ether oxygens (including phenoxy) is 2. The third-order valence-electron chi connectivity index (χ3n) is 8.34. The molecule has 0 saturated heterocycles. The number of phosphoric acid groups is 1. The highest BCUT2D eigenvalue weighted by atomic mass is 31.2. The number of nitrogens with two attached hydrogens (primary N) is 1. The van der Waals surface area contributed by atoms with E-state index in [1.165, 1.54) is 64.2 Å². The summed E-state index contributed by atoms with van der Waals surface area (Å²) in [6.07, 6.45) is 38.9. The second-order valence-corrected chi connectivity index (χ2v) is 14.8. The average molecular weight is 770 g/mol. The van der Waals surface area contributed by atoms with E-state index in [9.17, 15) is 23.8 Å². The van der Waals surface area contributed by atoms with Crippen molar-refractivity contribution in [2.24, 2.45) is 5.73 Å². The summed E-state index contributed by atoms with van der Waals surface area (Å²) < 4.78 is 32.6. The van der Waals surface area contributed by atoms with E-state index in [0.29, 0.717) is 12.8 Å². The molecule has 0 saturated carbocycles. The van der Waals surface area contributed by atoms with E-state index in [1.54, 1.807) is 0 Å². The zero-order valence-electron chi connectivity index (χ0n) is 32.8. The molecule has 0 aliphatic heterocycles. The third kappa shape index (κ3) is 36.2. The Morgan fingerprint density at radius 3 is 1.58 bits per heavy atom. The number of phosphoric ester groups is 1. The normalized spacial score (nSPS) is 14.3. The standard InChI is InChI=1S/C41H72NO10P/c1-3-5-7-9-11-13-15-17-19-21-22-24-26-28-30-32-39(43)49-34-37(35-50-53(47,48)51-36-38(42)41(45)46)52-40(44)33-31-29-27-25-23-20-18-16-14-12-10-8-6-4-2/h5,7,11,13,17,19,22,24,37-38H,3-4,6,8-10,12,14-16,18,20-21,23,25-36,42H2,1-2H3,(H,45,46)(H,47,48)/b7-5+,13-11+,19-17+,24-22+/t37-,38+/m1/s1. The van der Waals surface area contributed by atoms with Gasteiger partial charge in [0.2, 0.25) is 0 Å². The minimum atomic E-state index is -4.72. The Morgan fingerprint density at radius 2 is 1.06 bits per heavy atom. The van der Waals surface area contributed by atoms with Gasteiger partial charge in [-0.1, -0.05) is 146 Å². The minimum absolute atomic E-state index is 0.153. The maximum atomic E-state index is 12.6. The van der Waals surface area contributed by atoms with E-state index in [2.05, 4.69) is 67.0 Å². The molecule has 0 aliphatic carbocycles. The molecule has 11 nitrogen and oxygen atoms in total. The zero-order valence-corrected chi connectivity index (χ0v) is 33.7. The van der Waals surface area contributed by atoms with Crippen molar-refractivity contribution in [2.75, 3.05) is 19.8 Å². The predicted octanol–water partition coefficient (Wildman–Crippen LogP) is 10.2. The number of unbranched alkanes of at least 4 members (excludes halogenated alkanes) is 15. The predicted molar refractivity (Wildman–Crippen MR) is 212 cm³/mol. The van der Waals surface area contributed by atoms with Gasteiger partial charge in [-0.3, -0.25) is 23.4 Å². The SMILES string of the molecule is CC/C=C/C/C=C/C/C=C/C/C=C/CCCCC(=O)OC[C@H](COP(=O)(O)OC[C@H](N)C(=O)O)OC(=O)CCCCCCCCCCCCCCCC. The lowest BCUT2D eigenvalue weighted by molar-refractivity contribution is -0.161. The maximum absolute atomic E-state index is 12.6. The lowest BCUT2D eigenvalue weighted by Gasteiger charge is -2.20. The molecular formula is C41H72NO10P. The number of rotatable bonds is 37. The first-order valence-corrected chi connectivity index (χ1v) is 21.7. The van der Waals surface area contributed by atoms with Gasteiger partial charge in [-0.05, 0) is 51.4 Å². The molecular weight excluding hydrogens is 697 g/mol. The van der Waals surface area contributed by atoms with Crippen LogP contribution in [0, 0.1) is 0 Å². The molecule has 0 aromatic carbocycles. The van der Waals surface area contributed by atoms with E-state index in [1.807, 2.05) is 0 Å². The number of esters is 2. The fourth-order valence-corrected chi connectivity index (χ4v) is 5.95. The van der Waals surface area contributed by atoms with Gasteiger partial charge in [0.15, 0.2) is 6.10 Å². The number of hydrogen-bond acceptors (Lipinski definition) is 9. The topological polar surface area (TPSA) is 172 Å². The number of aliphatic carboxylic acids is 1. The second-order valence-electron chi connectivity index (χ2n) is 13.4. The third-order valence-corrected chi connectivity index (χ3v) is 9.29. The summed E-state index contributed by atoms with van der Waals surface area (Å²) in [4.78, 5) is 45.8. The number of allylic oxidation sites excluding steroid dienone is 8. The lowest BCUT2D eigenvalue weighted by atomic mass is 10.0. The molecule has 0 aromatic heterocycles. The first kappa shape index (κ1) is 50.4. The van der Waals surface area contributed by atoms with E-state index in [4.69, 9.17) is 24.8 Å². The summed E-state index contributed by atoms with van der Waals surface area (Å²) in [5, 5.41) is 8.87. The Kier molecular flexibility index (Phi) is 34.7. The van der Waals surface area contributed by atoms with Crippen LogP contribution in [0.1, 0.15) is 162 Å². The fraction of sp³-hybridized carbons (Fsp3) is 0.732. The molecule has 0 aliphatic rings. The molecule has 0 heterocycles. The van der Waals surface area contributed by atoms with Crippen molar-refractivity contribution in [1.29, 1.82) is 0 Å². The molecule has 53 heavy (non-hydrogen) atoms. The highest BCUT2D eigenvalue weighted by molar-refractivity contribution is 7.47. The van der Waals surface area contributed by atoms with Gasteiger partial charge in [0.05, 0.1) is 13.2 Å². The summed E-state index contributed by atoms with van der Waals surface area (Å²) in [7, 11) is -4.72. The highest BCUT2D eigenvalue weighted by Crippen LogP contribution is 2.43. The number of carbonyl (C=O) groups excluding carboxylic acids is 2. The molecule has 306 valence electrons. The molecule has 12 heteroatoms. The molecule has 3 atom stereocenters. The van der Waals surface area contributed by atoms with Gasteiger partial charge in [-0.15, -0.1) is 0 Å². The fourth-order valence-electron chi connectivity index (χ4n) is 5.17. The number of hydrogen-bond donors (Lipinski definition) is 3. The van der Waals surface area contributed by atoms with Crippen molar-refractivity contribution in [2.45, 2.75) is 174 Å². The monoisotopic (exact) mass is 769 g/mol. The van der Waals surface area contributed by atoms with E-state index in [0.717, 1.165) is 57.8 Å². The molecule has 0 aromatic rings. The molecule has 0 fully saturated rings. The first-order valence-electron chi connectivity index (χ1n) is 20.2. The van der Waals surface area contributed by atoms with Crippen LogP contribution >= 0.6 is 7.82 Å². The van der Waals surface area contributed by atoms with Gasteiger partial charge in [0.25, 0.3) is 0 Å². The summed E-state index contributed by atoms with van der Waals surface area (Å²) in [6, 6.07) is -1.53. The summed E-state index contributed by atoms with van der Waals surface area (Å²) in [5.74, 6) is -2.43. The van der Waals surface area contributed by atoms with Crippen LogP contribution in [-0.2, 0) is 37.5 Å². The van der Waals surface area contributed by atoms with Crippen molar-refractivity contribution in [3.63, 3.8) is 0 Å².